The Morgan fingerprint density at radius 1 is 1.53 bits per heavy atom. The second-order valence-electron chi connectivity index (χ2n) is 3.92. The van der Waals surface area contributed by atoms with Gasteiger partial charge in [-0.25, -0.2) is 0 Å². The highest BCUT2D eigenvalue weighted by Gasteiger charge is 2.24. The summed E-state index contributed by atoms with van der Waals surface area (Å²) in [4.78, 5) is 22.0. The van der Waals surface area contributed by atoms with Gasteiger partial charge in [0.1, 0.15) is 6.20 Å². The van der Waals surface area contributed by atoms with Crippen LogP contribution in [0.5, 0.6) is 0 Å². The van der Waals surface area contributed by atoms with Gasteiger partial charge in [0, 0.05) is 20.3 Å². The quantitative estimate of drug-likeness (QED) is 0.617. The molecule has 0 spiro atoms. The predicted molar refractivity (Wildman–Crippen MR) is 64.2 cm³/mol. The smallest absolute Gasteiger partial charge is 0.320 e. The SMILES string of the molecule is Cn1cc([N+](=O)[O-])c(C(=O)NCc2ccnn2C)n1. The molecule has 0 aliphatic rings. The zero-order valence-electron chi connectivity index (χ0n) is 10.4. The zero-order chi connectivity index (χ0) is 14.0. The summed E-state index contributed by atoms with van der Waals surface area (Å²) in [5, 5.41) is 21.1. The standard InChI is InChI=1S/C10H12N6O3/c1-14-6-8(16(18)19)9(13-14)10(17)11-5-7-3-4-12-15(7)2/h3-4,6H,5H2,1-2H3,(H,11,17). The molecule has 0 atom stereocenters. The first kappa shape index (κ1) is 12.7. The van der Waals surface area contributed by atoms with Crippen LogP contribution in [0, 0.1) is 10.1 Å². The molecule has 1 N–H and O–H groups in total. The first-order valence-corrected chi connectivity index (χ1v) is 5.42. The molecule has 0 fully saturated rings. The van der Waals surface area contributed by atoms with E-state index in [-0.39, 0.29) is 17.9 Å². The highest BCUT2D eigenvalue weighted by molar-refractivity contribution is 5.95. The number of amides is 1. The molecule has 0 aliphatic carbocycles. The molecule has 2 heterocycles. The van der Waals surface area contributed by atoms with Crippen LogP contribution in [0.3, 0.4) is 0 Å². The molecule has 2 aromatic rings. The van der Waals surface area contributed by atoms with E-state index < -0.39 is 10.8 Å². The Balaban J connectivity index is 2.12. The largest absolute Gasteiger partial charge is 0.345 e. The molecule has 100 valence electrons. The molecule has 9 heteroatoms. The third-order valence-electron chi connectivity index (χ3n) is 2.57. The summed E-state index contributed by atoms with van der Waals surface area (Å²) >= 11 is 0. The van der Waals surface area contributed by atoms with E-state index in [1.54, 1.807) is 24.0 Å². The number of aryl methyl sites for hydroxylation is 2. The average molecular weight is 264 g/mol. The second kappa shape index (κ2) is 4.88. The van der Waals surface area contributed by atoms with Gasteiger partial charge in [-0.1, -0.05) is 0 Å². The van der Waals surface area contributed by atoms with Crippen LogP contribution in [0.2, 0.25) is 0 Å². The van der Waals surface area contributed by atoms with Gasteiger partial charge in [0.15, 0.2) is 0 Å². The van der Waals surface area contributed by atoms with Crippen molar-refractivity contribution in [1.29, 1.82) is 0 Å². The summed E-state index contributed by atoms with van der Waals surface area (Å²) in [5.74, 6) is -0.589. The van der Waals surface area contributed by atoms with Crippen LogP contribution in [0.4, 0.5) is 5.69 Å². The van der Waals surface area contributed by atoms with Gasteiger partial charge in [-0.05, 0) is 6.07 Å². The average Bonchev–Trinajstić information content (AvgIpc) is 2.92. The molecule has 19 heavy (non-hydrogen) atoms. The summed E-state index contributed by atoms with van der Waals surface area (Å²) in [6.45, 7) is 0.225. The Hall–Kier alpha value is -2.71. The lowest BCUT2D eigenvalue weighted by Crippen LogP contribution is -2.25. The number of nitrogens with zero attached hydrogens (tertiary/aromatic N) is 5. The van der Waals surface area contributed by atoms with Gasteiger partial charge < -0.3 is 5.32 Å². The summed E-state index contributed by atoms with van der Waals surface area (Å²) in [6, 6.07) is 1.74. The minimum absolute atomic E-state index is 0.199. The lowest BCUT2D eigenvalue weighted by molar-refractivity contribution is -0.385. The summed E-state index contributed by atoms with van der Waals surface area (Å²) in [7, 11) is 3.26. The molecule has 0 unspecified atom stereocenters. The molecule has 0 saturated heterocycles. The van der Waals surface area contributed by atoms with Gasteiger partial charge in [0.2, 0.25) is 5.69 Å². The number of rotatable bonds is 4. The topological polar surface area (TPSA) is 108 Å². The van der Waals surface area contributed by atoms with Crippen molar-refractivity contribution < 1.29 is 9.72 Å². The van der Waals surface area contributed by atoms with Gasteiger partial charge in [0.25, 0.3) is 5.91 Å². The zero-order valence-corrected chi connectivity index (χ0v) is 10.4. The minimum atomic E-state index is -0.633. The van der Waals surface area contributed by atoms with Crippen molar-refractivity contribution in [3.8, 4) is 0 Å². The van der Waals surface area contributed by atoms with Crippen molar-refractivity contribution in [2.45, 2.75) is 6.54 Å². The normalized spacial score (nSPS) is 10.4. The van der Waals surface area contributed by atoms with E-state index in [1.807, 2.05) is 0 Å². The maximum Gasteiger partial charge on any atom is 0.320 e. The molecule has 9 nitrogen and oxygen atoms in total. The fraction of sp³-hybridized carbons (Fsp3) is 0.300. The summed E-state index contributed by atoms with van der Waals surface area (Å²) in [5.41, 5.74) is 0.270. The molecule has 2 rings (SSSR count). The molecule has 0 aromatic carbocycles. The van der Waals surface area contributed by atoms with Crippen LogP contribution in [-0.2, 0) is 20.6 Å². The first-order valence-electron chi connectivity index (χ1n) is 5.42. The van der Waals surface area contributed by atoms with Crippen molar-refractivity contribution in [3.05, 3.63) is 40.0 Å². The number of hydrogen-bond acceptors (Lipinski definition) is 5. The minimum Gasteiger partial charge on any atom is -0.345 e. The number of nitrogens with one attached hydrogen (secondary N) is 1. The lowest BCUT2D eigenvalue weighted by Gasteiger charge is -2.03. The maximum absolute atomic E-state index is 11.9. The van der Waals surface area contributed by atoms with Crippen LogP contribution >= 0.6 is 0 Å². The highest BCUT2D eigenvalue weighted by Crippen LogP contribution is 2.15. The van der Waals surface area contributed by atoms with Gasteiger partial charge in [-0.2, -0.15) is 10.2 Å². The molecule has 0 bridgehead atoms. The molecule has 0 aliphatic heterocycles. The molecular weight excluding hydrogens is 252 g/mol. The van der Waals surface area contributed by atoms with Crippen LogP contribution in [0.1, 0.15) is 16.2 Å². The van der Waals surface area contributed by atoms with Crippen molar-refractivity contribution in [3.63, 3.8) is 0 Å². The second-order valence-corrected chi connectivity index (χ2v) is 3.92. The highest BCUT2D eigenvalue weighted by atomic mass is 16.6. The molecular formula is C10H12N6O3. The molecule has 0 saturated carbocycles. The predicted octanol–water partition coefficient (Wildman–Crippen LogP) is -0.00820. The van der Waals surface area contributed by atoms with E-state index in [4.69, 9.17) is 0 Å². The van der Waals surface area contributed by atoms with E-state index in [2.05, 4.69) is 15.5 Å². The van der Waals surface area contributed by atoms with Gasteiger partial charge >= 0.3 is 5.69 Å². The Morgan fingerprint density at radius 3 is 2.84 bits per heavy atom. The van der Waals surface area contributed by atoms with E-state index in [0.29, 0.717) is 0 Å². The van der Waals surface area contributed by atoms with Crippen molar-refractivity contribution >= 4 is 11.6 Å². The number of carbonyl (C=O) groups is 1. The summed E-state index contributed by atoms with van der Waals surface area (Å²) < 4.78 is 2.84. The third-order valence-corrected chi connectivity index (χ3v) is 2.57. The van der Waals surface area contributed by atoms with Gasteiger partial charge in [-0.15, -0.1) is 0 Å². The Morgan fingerprint density at radius 2 is 2.26 bits per heavy atom. The summed E-state index contributed by atoms with van der Waals surface area (Å²) in [6.07, 6.45) is 2.80. The Labute approximate surface area is 108 Å². The Kier molecular flexibility index (Phi) is 3.27. The third kappa shape index (κ3) is 2.59. The maximum atomic E-state index is 11.9. The van der Waals surface area contributed by atoms with E-state index in [0.717, 1.165) is 5.69 Å². The molecule has 2 aromatic heterocycles. The lowest BCUT2D eigenvalue weighted by atomic mass is 10.3. The van der Waals surface area contributed by atoms with Crippen LogP contribution in [-0.4, -0.2) is 30.4 Å². The van der Waals surface area contributed by atoms with Crippen LogP contribution in [0.15, 0.2) is 18.5 Å². The van der Waals surface area contributed by atoms with E-state index in [1.165, 1.54) is 17.9 Å². The molecule has 0 radical (unpaired) electrons. The monoisotopic (exact) mass is 264 g/mol. The number of carbonyl (C=O) groups excluding carboxylic acids is 1. The fourth-order valence-electron chi connectivity index (χ4n) is 1.60. The van der Waals surface area contributed by atoms with Crippen LogP contribution in [0.25, 0.3) is 0 Å². The number of aromatic nitrogens is 4. The molecule has 1 amide bonds. The number of hydrogen-bond donors (Lipinski definition) is 1. The first-order chi connectivity index (χ1) is 8.99. The van der Waals surface area contributed by atoms with Crippen LogP contribution < -0.4 is 5.32 Å². The van der Waals surface area contributed by atoms with E-state index >= 15 is 0 Å². The van der Waals surface area contributed by atoms with Crippen molar-refractivity contribution in [2.24, 2.45) is 14.1 Å². The van der Waals surface area contributed by atoms with Crippen molar-refractivity contribution in [1.82, 2.24) is 24.9 Å². The van der Waals surface area contributed by atoms with Gasteiger partial charge in [-0.3, -0.25) is 24.3 Å². The van der Waals surface area contributed by atoms with Crippen molar-refractivity contribution in [2.75, 3.05) is 0 Å². The number of nitro groups is 1. The van der Waals surface area contributed by atoms with Gasteiger partial charge in [0.05, 0.1) is 17.2 Å². The van der Waals surface area contributed by atoms with E-state index in [9.17, 15) is 14.9 Å². The Bertz CT molecular complexity index is 629. The fourth-order valence-corrected chi connectivity index (χ4v) is 1.60.